The molecule has 10 nitrogen and oxygen atoms in total. The molecule has 5 rings (SSSR count). The number of amides is 2. The second-order valence-electron chi connectivity index (χ2n) is 10.1. The van der Waals surface area contributed by atoms with Crippen LogP contribution in [0.1, 0.15) is 54.7 Å². The number of rotatable bonds is 4. The van der Waals surface area contributed by atoms with Crippen LogP contribution in [-0.4, -0.2) is 76.4 Å². The molecule has 2 unspecified atom stereocenters. The first-order chi connectivity index (χ1) is 18.4. The van der Waals surface area contributed by atoms with Gasteiger partial charge >= 0.3 is 6.09 Å². The summed E-state index contributed by atoms with van der Waals surface area (Å²) in [6, 6.07) is 1.41. The summed E-state index contributed by atoms with van der Waals surface area (Å²) in [5, 5.41) is 20.1. The summed E-state index contributed by atoms with van der Waals surface area (Å²) in [5.74, 6) is 0.390. The maximum Gasteiger partial charge on any atom is 0.410 e. The molecule has 3 atom stereocenters. The average molecular weight is 519 g/mol. The quantitative estimate of drug-likeness (QED) is 0.414. The molecule has 2 amide bonds. The van der Waals surface area contributed by atoms with Crippen LogP contribution in [0.4, 0.5) is 4.79 Å². The third-order valence-corrected chi connectivity index (χ3v) is 7.58. The van der Waals surface area contributed by atoms with Gasteiger partial charge in [-0.3, -0.25) is 20.6 Å². The van der Waals surface area contributed by atoms with Crippen LogP contribution in [0.3, 0.4) is 0 Å². The molecule has 3 N–H and O–H groups in total. The van der Waals surface area contributed by atoms with Crippen LogP contribution >= 0.6 is 0 Å². The van der Waals surface area contributed by atoms with Crippen molar-refractivity contribution in [3.63, 3.8) is 0 Å². The first-order valence-corrected chi connectivity index (χ1v) is 13.2. The second-order valence-corrected chi connectivity index (χ2v) is 10.1. The Kier molecular flexibility index (Phi) is 7.42. The molecule has 3 aliphatic heterocycles. The normalized spacial score (nSPS) is 25.8. The van der Waals surface area contributed by atoms with Gasteiger partial charge in [0.2, 0.25) is 0 Å². The van der Waals surface area contributed by atoms with E-state index in [4.69, 9.17) is 20.3 Å². The number of fused-ring (bicyclic) bond motifs is 1. The number of pyridine rings is 1. The minimum absolute atomic E-state index is 0.0935. The van der Waals surface area contributed by atoms with Crippen LogP contribution in [0.2, 0.25) is 0 Å². The molecule has 2 saturated heterocycles. The maximum atomic E-state index is 13.3. The minimum atomic E-state index is -0.433. The van der Waals surface area contributed by atoms with Crippen LogP contribution in [0, 0.1) is 10.8 Å². The van der Waals surface area contributed by atoms with E-state index in [1.165, 1.54) is 0 Å². The van der Waals surface area contributed by atoms with Crippen molar-refractivity contribution < 1.29 is 19.1 Å². The van der Waals surface area contributed by atoms with E-state index < -0.39 is 6.04 Å². The lowest BCUT2D eigenvalue weighted by molar-refractivity contribution is 0.0516. The predicted octanol–water partition coefficient (Wildman–Crippen LogP) is 3.34. The minimum Gasteiger partial charge on any atom is -0.444 e. The molecular formula is C28H34N6O4. The number of ether oxygens (including phenoxy) is 2. The van der Waals surface area contributed by atoms with Gasteiger partial charge in [-0.1, -0.05) is 24.3 Å². The molecule has 0 radical (unpaired) electrons. The van der Waals surface area contributed by atoms with Gasteiger partial charge in [0.15, 0.2) is 0 Å². The molecule has 4 aliphatic rings. The monoisotopic (exact) mass is 518 g/mol. The van der Waals surface area contributed by atoms with Gasteiger partial charge in [-0.05, 0) is 49.5 Å². The summed E-state index contributed by atoms with van der Waals surface area (Å²) >= 11 is 0. The highest BCUT2D eigenvalue weighted by molar-refractivity contribution is 6.11. The SMILES string of the molecule is C/C=C1/C(C(=N)N2C(=N)CC[C@H]2C)=CC=CC1NC(=O)c1cc2c(cn1)CCN(C(=O)OC1CCOC1)C2. The Hall–Kier alpha value is -3.79. The number of aromatic nitrogens is 1. The van der Waals surface area contributed by atoms with Crippen LogP contribution < -0.4 is 5.32 Å². The number of nitrogens with one attached hydrogen (secondary N) is 3. The highest BCUT2D eigenvalue weighted by atomic mass is 16.6. The fraction of sp³-hybridized carbons (Fsp3) is 0.464. The van der Waals surface area contributed by atoms with E-state index in [1.54, 1.807) is 22.1 Å². The predicted molar refractivity (Wildman–Crippen MR) is 142 cm³/mol. The Labute approximate surface area is 222 Å². The summed E-state index contributed by atoms with van der Waals surface area (Å²) < 4.78 is 10.9. The maximum absolute atomic E-state index is 13.3. The van der Waals surface area contributed by atoms with Gasteiger partial charge in [-0.2, -0.15) is 0 Å². The Balaban J connectivity index is 1.26. The van der Waals surface area contributed by atoms with Gasteiger partial charge in [0.1, 0.15) is 23.5 Å². The van der Waals surface area contributed by atoms with Crippen LogP contribution in [0.15, 0.2) is 47.7 Å². The number of carbonyl (C=O) groups is 2. The van der Waals surface area contributed by atoms with Crippen molar-refractivity contribution in [1.29, 1.82) is 10.8 Å². The van der Waals surface area contributed by atoms with Crippen LogP contribution in [-0.2, 0) is 22.4 Å². The van der Waals surface area contributed by atoms with E-state index in [2.05, 4.69) is 10.3 Å². The number of likely N-dealkylation sites (tertiary alicyclic amines) is 1. The molecule has 4 heterocycles. The summed E-state index contributed by atoms with van der Waals surface area (Å²) in [6.45, 7) is 5.85. The van der Waals surface area contributed by atoms with Crippen LogP contribution in [0.5, 0.6) is 0 Å². The zero-order valence-corrected chi connectivity index (χ0v) is 21.8. The Bertz CT molecular complexity index is 1250. The van der Waals surface area contributed by atoms with Crippen molar-refractivity contribution in [2.45, 2.75) is 64.3 Å². The smallest absolute Gasteiger partial charge is 0.410 e. The number of hydrogen-bond acceptors (Lipinski definition) is 7. The Morgan fingerprint density at radius 2 is 2.11 bits per heavy atom. The standard InChI is InChI=1S/C28H34N6O4/c1-3-21-22(26(30)34-17(2)7-8-25(34)29)5-4-6-23(21)32-27(35)24-13-19-15-33(11-9-18(19)14-31-24)28(36)38-20-10-12-37-16-20/h3-6,13-14,17,20,23,29-30H,7-12,15-16H2,1-2H3,(H,32,35)/b21-3-,29-25?,30-26?/t17-,20?,23?/m1/s1. The fourth-order valence-electron chi connectivity index (χ4n) is 5.41. The van der Waals surface area contributed by atoms with Crippen molar-refractivity contribution in [2.75, 3.05) is 19.8 Å². The van der Waals surface area contributed by atoms with Crippen molar-refractivity contribution in [2.24, 2.45) is 0 Å². The van der Waals surface area contributed by atoms with Crippen molar-refractivity contribution in [1.82, 2.24) is 20.1 Å². The van der Waals surface area contributed by atoms with E-state index in [0.717, 1.165) is 23.1 Å². The molecule has 0 aromatic carbocycles. The highest BCUT2D eigenvalue weighted by Crippen LogP contribution is 2.28. The number of hydrogen-bond donors (Lipinski definition) is 3. The molecule has 0 spiro atoms. The molecule has 1 aromatic heterocycles. The summed E-state index contributed by atoms with van der Waals surface area (Å²) in [5.41, 5.74) is 3.67. The molecule has 10 heteroatoms. The van der Waals surface area contributed by atoms with E-state index >= 15 is 0 Å². The number of nitrogens with zero attached hydrogens (tertiary/aromatic N) is 3. The van der Waals surface area contributed by atoms with Gasteiger partial charge in [0.25, 0.3) is 5.91 Å². The van der Waals surface area contributed by atoms with Crippen molar-refractivity contribution in [3.8, 4) is 0 Å². The lowest BCUT2D eigenvalue weighted by Crippen LogP contribution is -2.42. The first-order valence-electron chi connectivity index (χ1n) is 13.2. The summed E-state index contributed by atoms with van der Waals surface area (Å²) in [6.07, 6.45) is 11.5. The van der Waals surface area contributed by atoms with Gasteiger partial charge in [-0.15, -0.1) is 0 Å². The topological polar surface area (TPSA) is 132 Å². The molecule has 1 aromatic rings. The van der Waals surface area contributed by atoms with Gasteiger partial charge in [-0.25, -0.2) is 4.79 Å². The average Bonchev–Trinajstić information content (AvgIpc) is 3.56. The molecule has 0 saturated carbocycles. The van der Waals surface area contributed by atoms with Gasteiger partial charge < -0.3 is 24.6 Å². The van der Waals surface area contributed by atoms with E-state index in [1.807, 2.05) is 38.2 Å². The molecule has 38 heavy (non-hydrogen) atoms. The van der Waals surface area contributed by atoms with Crippen molar-refractivity contribution in [3.05, 3.63) is 64.5 Å². The zero-order valence-electron chi connectivity index (χ0n) is 21.8. The molecule has 1 aliphatic carbocycles. The fourth-order valence-corrected chi connectivity index (χ4v) is 5.41. The number of allylic oxidation sites excluding steroid dienone is 3. The van der Waals surface area contributed by atoms with Gasteiger partial charge in [0, 0.05) is 43.7 Å². The molecule has 200 valence electrons. The third kappa shape index (κ3) is 5.13. The largest absolute Gasteiger partial charge is 0.444 e. The third-order valence-electron chi connectivity index (χ3n) is 7.58. The number of amidine groups is 2. The highest BCUT2D eigenvalue weighted by Gasteiger charge is 2.33. The van der Waals surface area contributed by atoms with Crippen molar-refractivity contribution >= 4 is 23.7 Å². The van der Waals surface area contributed by atoms with E-state index in [0.29, 0.717) is 57.0 Å². The first kappa shape index (κ1) is 25.8. The van der Waals surface area contributed by atoms with E-state index in [9.17, 15) is 9.59 Å². The van der Waals surface area contributed by atoms with Crippen LogP contribution in [0.25, 0.3) is 0 Å². The molecule has 0 bridgehead atoms. The molecular weight excluding hydrogens is 484 g/mol. The summed E-state index contributed by atoms with van der Waals surface area (Å²) in [7, 11) is 0. The lowest BCUT2D eigenvalue weighted by atomic mass is 9.91. The summed E-state index contributed by atoms with van der Waals surface area (Å²) in [4.78, 5) is 33.7. The van der Waals surface area contributed by atoms with Gasteiger partial charge in [0.05, 0.1) is 19.3 Å². The Morgan fingerprint density at radius 3 is 2.82 bits per heavy atom. The molecule has 2 fully saturated rings. The zero-order chi connectivity index (χ0) is 26.8. The number of carbonyl (C=O) groups excluding carboxylic acids is 2. The Morgan fingerprint density at radius 1 is 1.26 bits per heavy atom. The lowest BCUT2D eigenvalue weighted by Gasteiger charge is -2.30. The van der Waals surface area contributed by atoms with E-state index in [-0.39, 0.29) is 35.7 Å². The second kappa shape index (κ2) is 10.9.